The van der Waals surface area contributed by atoms with Crippen LogP contribution >= 0.6 is 11.3 Å². The van der Waals surface area contributed by atoms with E-state index in [1.807, 2.05) is 0 Å². The zero-order valence-corrected chi connectivity index (χ0v) is 36.1. The normalized spacial score (nSPS) is 29.6. The summed E-state index contributed by atoms with van der Waals surface area (Å²) in [6, 6.07) is 33.0. The third-order valence-corrected chi connectivity index (χ3v) is 17.4. The lowest BCUT2D eigenvalue weighted by Gasteiger charge is -2.55. The molecular formula is C58H50N4S. The molecule has 3 aliphatic heterocycles. The van der Waals surface area contributed by atoms with Crippen LogP contribution in [0.2, 0.25) is 0 Å². The van der Waals surface area contributed by atoms with Gasteiger partial charge in [-0.3, -0.25) is 5.32 Å². The molecule has 0 saturated carbocycles. The molecule has 308 valence electrons. The van der Waals surface area contributed by atoms with Crippen LogP contribution in [0, 0.1) is 17.8 Å². The van der Waals surface area contributed by atoms with Gasteiger partial charge in [-0.25, -0.2) is 4.99 Å². The molecule has 8 unspecified atom stereocenters. The molecule has 6 aliphatic carbocycles. The number of nitrogens with zero attached hydrogens (tertiary/aromatic N) is 2. The average molecular weight is 835 g/mol. The van der Waals surface area contributed by atoms with E-state index in [4.69, 9.17) is 4.99 Å². The number of hydrogen-bond donors (Lipinski definition) is 2. The summed E-state index contributed by atoms with van der Waals surface area (Å²) >= 11 is 2.09. The van der Waals surface area contributed by atoms with E-state index in [1.54, 1.807) is 16.7 Å². The van der Waals surface area contributed by atoms with Crippen molar-refractivity contribution in [1.82, 2.24) is 10.6 Å². The summed E-state index contributed by atoms with van der Waals surface area (Å²) < 4.78 is 1.52. The van der Waals surface area contributed by atoms with Gasteiger partial charge in [0, 0.05) is 56.1 Å². The lowest BCUT2D eigenvalue weighted by molar-refractivity contribution is 0.271. The molecule has 0 fully saturated rings. The first-order chi connectivity index (χ1) is 31.3. The van der Waals surface area contributed by atoms with Gasteiger partial charge in [0.1, 0.15) is 12.0 Å². The molecule has 0 saturated heterocycles. The molecule has 0 amide bonds. The van der Waals surface area contributed by atoms with E-state index >= 15 is 0 Å². The average Bonchev–Trinajstić information content (AvgIpc) is 4.01. The van der Waals surface area contributed by atoms with E-state index in [2.05, 4.69) is 197 Å². The van der Waals surface area contributed by atoms with Crippen LogP contribution in [0.1, 0.15) is 76.3 Å². The predicted molar refractivity (Wildman–Crippen MR) is 261 cm³/mol. The van der Waals surface area contributed by atoms with Crippen molar-refractivity contribution in [2.45, 2.75) is 74.3 Å². The Morgan fingerprint density at radius 3 is 2.32 bits per heavy atom. The van der Waals surface area contributed by atoms with Crippen molar-refractivity contribution in [3.63, 3.8) is 0 Å². The number of aliphatic imine (C=N–C) groups is 1. The highest BCUT2D eigenvalue weighted by molar-refractivity contribution is 7.20. The number of thiophene rings is 1. The summed E-state index contributed by atoms with van der Waals surface area (Å²) in [6.45, 7) is 0. The Kier molecular flexibility index (Phi) is 8.10. The number of hydrogen-bond acceptors (Lipinski definition) is 5. The molecule has 2 N–H and O–H groups in total. The zero-order chi connectivity index (χ0) is 41.2. The van der Waals surface area contributed by atoms with Gasteiger partial charge in [0.15, 0.2) is 0 Å². The molecule has 8 atom stereocenters. The standard InChI is InChI=1S/C58H50N4S/c1-3-16-36(17-4-1)55-59-56(37-18-5-2-6-19-37)61-57(60-55)38-32-30-35(31-33-38)39-23-15-24-42-44-34-48-52-51(54(44)63-53(39)42)43-22-9-13-28-49(43)62(52)50-29-14-12-27-47(50)58(48)45-25-10-7-20-40(45)41-21-8-11-26-46(41)58/h1-14,16-18,20-23,25-26,28,30-32,34,37-38,43,47,49-50,56-57,61H,15,19,24,27,29,33H2,(H,59,60). The quantitative estimate of drug-likeness (QED) is 0.177. The zero-order valence-electron chi connectivity index (χ0n) is 35.3. The Hall–Kier alpha value is -6.01. The second-order valence-electron chi connectivity index (χ2n) is 19.0. The fraction of sp³-hybridized carbons (Fsp3) is 0.259. The Labute approximate surface area is 374 Å². The minimum absolute atomic E-state index is 0.0202. The van der Waals surface area contributed by atoms with Crippen molar-refractivity contribution < 1.29 is 0 Å². The van der Waals surface area contributed by atoms with Gasteiger partial charge >= 0.3 is 0 Å². The summed E-state index contributed by atoms with van der Waals surface area (Å²) in [6.07, 6.45) is 40.0. The SMILES string of the molecule is C1=CCC(C2N=C(c3ccccc3)NC(C3C=CC(C4=CCCc5c4sc4c6c7c(cc54)C4(c5ccccc5-c5ccccc54)C4CC=CCC4N7C4C=CC=CC64)=CC3)N2)C=C1. The summed E-state index contributed by atoms with van der Waals surface area (Å²) in [4.78, 5) is 9.65. The second kappa shape index (κ2) is 14.0. The van der Waals surface area contributed by atoms with Gasteiger partial charge in [0.05, 0.1) is 17.6 Å². The van der Waals surface area contributed by atoms with E-state index in [1.165, 1.54) is 54.1 Å². The van der Waals surface area contributed by atoms with Gasteiger partial charge in [-0.2, -0.15) is 0 Å². The van der Waals surface area contributed by atoms with Crippen LogP contribution in [-0.2, 0) is 11.8 Å². The Morgan fingerprint density at radius 2 is 1.51 bits per heavy atom. The molecule has 4 nitrogen and oxygen atoms in total. The molecule has 1 aromatic heterocycles. The first-order valence-electron chi connectivity index (χ1n) is 23.4. The maximum Gasteiger partial charge on any atom is 0.131 e. The minimum atomic E-state index is -0.209. The van der Waals surface area contributed by atoms with E-state index in [-0.39, 0.29) is 17.7 Å². The largest absolute Gasteiger partial charge is 0.360 e. The number of amidine groups is 1. The maximum absolute atomic E-state index is 5.24. The monoisotopic (exact) mass is 834 g/mol. The number of nitrogens with one attached hydrogen (secondary N) is 2. The Balaban J connectivity index is 0.880. The van der Waals surface area contributed by atoms with Gasteiger partial charge in [0.2, 0.25) is 0 Å². The highest BCUT2D eigenvalue weighted by Gasteiger charge is 2.61. The van der Waals surface area contributed by atoms with Gasteiger partial charge in [-0.1, -0.05) is 164 Å². The third-order valence-electron chi connectivity index (χ3n) is 16.1. The highest BCUT2D eigenvalue weighted by Crippen LogP contribution is 2.68. The van der Waals surface area contributed by atoms with Crippen LogP contribution in [-0.4, -0.2) is 30.3 Å². The van der Waals surface area contributed by atoms with Crippen LogP contribution in [0.3, 0.4) is 0 Å². The van der Waals surface area contributed by atoms with Crippen LogP contribution in [0.15, 0.2) is 181 Å². The molecule has 0 radical (unpaired) electrons. The number of anilines is 1. The fourth-order valence-corrected chi connectivity index (χ4v) is 14.9. The Bertz CT molecular complexity index is 2990. The first-order valence-corrected chi connectivity index (χ1v) is 24.3. The predicted octanol–water partition coefficient (Wildman–Crippen LogP) is 12.2. The molecule has 4 heterocycles. The molecule has 9 aliphatic rings. The van der Waals surface area contributed by atoms with Crippen molar-refractivity contribution in [2.75, 3.05) is 4.90 Å². The molecule has 4 aromatic carbocycles. The molecule has 63 heavy (non-hydrogen) atoms. The summed E-state index contributed by atoms with van der Waals surface area (Å²) in [5, 5.41) is 9.29. The van der Waals surface area contributed by atoms with Crippen molar-refractivity contribution in [1.29, 1.82) is 0 Å². The molecular weight excluding hydrogens is 785 g/mol. The second-order valence-corrected chi connectivity index (χ2v) is 20.1. The van der Waals surface area contributed by atoms with Gasteiger partial charge in [-0.15, -0.1) is 11.3 Å². The number of benzene rings is 4. The van der Waals surface area contributed by atoms with Crippen LogP contribution in [0.25, 0.3) is 26.8 Å². The summed E-state index contributed by atoms with van der Waals surface area (Å²) in [5.41, 5.74) is 15.8. The van der Waals surface area contributed by atoms with E-state index in [9.17, 15) is 0 Å². The van der Waals surface area contributed by atoms with E-state index < -0.39 is 0 Å². The maximum atomic E-state index is 5.24. The van der Waals surface area contributed by atoms with Gasteiger partial charge < -0.3 is 10.2 Å². The topological polar surface area (TPSA) is 39.7 Å². The lowest BCUT2D eigenvalue weighted by Crippen LogP contribution is -2.59. The smallest absolute Gasteiger partial charge is 0.131 e. The summed E-state index contributed by atoms with van der Waals surface area (Å²) in [5.74, 6) is 2.40. The van der Waals surface area contributed by atoms with Crippen LogP contribution < -0.4 is 15.5 Å². The van der Waals surface area contributed by atoms with Crippen molar-refractivity contribution in [3.8, 4) is 11.1 Å². The number of aryl methyl sites for hydroxylation is 1. The van der Waals surface area contributed by atoms with E-state index in [0.29, 0.717) is 35.8 Å². The molecule has 14 rings (SSSR count). The molecule has 0 bridgehead atoms. The van der Waals surface area contributed by atoms with Crippen molar-refractivity contribution in [2.24, 2.45) is 22.7 Å². The molecule has 1 spiro atoms. The number of allylic oxidation sites excluding steroid dienone is 11. The molecule has 5 aromatic rings. The first kappa shape index (κ1) is 36.5. The summed E-state index contributed by atoms with van der Waals surface area (Å²) in [7, 11) is 0. The Morgan fingerprint density at radius 1 is 0.714 bits per heavy atom. The van der Waals surface area contributed by atoms with Crippen LogP contribution in [0.5, 0.6) is 0 Å². The number of rotatable bonds is 4. The van der Waals surface area contributed by atoms with Crippen molar-refractivity contribution >= 4 is 38.5 Å². The number of fused-ring (bicyclic) bond motifs is 16. The highest BCUT2D eigenvalue weighted by atomic mass is 32.1. The third kappa shape index (κ3) is 5.15. The fourth-order valence-electron chi connectivity index (χ4n) is 13.5. The van der Waals surface area contributed by atoms with Crippen LogP contribution in [0.4, 0.5) is 5.69 Å². The van der Waals surface area contributed by atoms with E-state index in [0.717, 1.165) is 49.9 Å². The molecule has 5 heteroatoms. The minimum Gasteiger partial charge on any atom is -0.360 e. The van der Waals surface area contributed by atoms with Crippen molar-refractivity contribution in [3.05, 3.63) is 214 Å². The van der Waals surface area contributed by atoms with Gasteiger partial charge in [0.25, 0.3) is 0 Å². The van der Waals surface area contributed by atoms with Gasteiger partial charge in [-0.05, 0) is 94.5 Å². The lowest BCUT2D eigenvalue weighted by atomic mass is 9.56.